The van der Waals surface area contributed by atoms with Gasteiger partial charge in [-0.05, 0) is 118 Å². The number of hydrogen-bond donors (Lipinski definition) is 1. The van der Waals surface area contributed by atoms with E-state index >= 15 is 9.59 Å². The molecule has 1 aromatic heterocycles. The molecular formula is C62H72N4O4S. The van der Waals surface area contributed by atoms with Crippen LogP contribution in [0.3, 0.4) is 0 Å². The third-order valence-electron chi connectivity index (χ3n) is 14.2. The van der Waals surface area contributed by atoms with E-state index in [0.29, 0.717) is 40.5 Å². The molecule has 0 bridgehead atoms. The summed E-state index contributed by atoms with van der Waals surface area (Å²) in [5, 5.41) is 18.8. The van der Waals surface area contributed by atoms with Gasteiger partial charge in [0.15, 0.2) is 0 Å². The smallest absolute Gasteiger partial charge is 0.346 e. The van der Waals surface area contributed by atoms with E-state index in [9.17, 15) is 15.2 Å². The Morgan fingerprint density at radius 3 is 1.38 bits per heavy atom. The summed E-state index contributed by atoms with van der Waals surface area (Å²) in [6, 6.07) is 39.5. The number of carbonyl (C=O) groups is 3. The van der Waals surface area contributed by atoms with Gasteiger partial charge in [0.2, 0.25) is 0 Å². The van der Waals surface area contributed by atoms with Gasteiger partial charge in [0.05, 0.1) is 22.5 Å². The van der Waals surface area contributed by atoms with Crippen molar-refractivity contribution >= 4 is 63.7 Å². The van der Waals surface area contributed by atoms with Crippen molar-refractivity contribution in [1.29, 1.82) is 5.26 Å². The van der Waals surface area contributed by atoms with Gasteiger partial charge in [0.1, 0.15) is 11.6 Å². The van der Waals surface area contributed by atoms with Crippen molar-refractivity contribution in [2.45, 2.75) is 131 Å². The highest BCUT2D eigenvalue weighted by molar-refractivity contribution is 7.16. The normalized spacial score (nSPS) is 15.1. The lowest BCUT2D eigenvalue weighted by Crippen LogP contribution is -2.34. The van der Waals surface area contributed by atoms with Crippen LogP contribution in [0.4, 0.5) is 17.1 Å². The number of nitriles is 1. The number of nitrogens with zero attached hydrogens (tertiary/aromatic N) is 4. The summed E-state index contributed by atoms with van der Waals surface area (Å²) >= 11 is 1.40. The van der Waals surface area contributed by atoms with E-state index < -0.39 is 5.97 Å². The third kappa shape index (κ3) is 11.5. The Morgan fingerprint density at radius 1 is 0.620 bits per heavy atom. The van der Waals surface area contributed by atoms with Crippen LogP contribution in [-0.2, 0) is 25.2 Å². The summed E-state index contributed by atoms with van der Waals surface area (Å²) in [5.41, 5.74) is 10.1. The number of rotatable bonds is 20. The lowest BCUT2D eigenvalue weighted by atomic mass is 9.86. The van der Waals surface area contributed by atoms with Crippen LogP contribution < -0.4 is 4.90 Å². The fraction of sp³-hybridized carbons (Fsp3) is 0.387. The van der Waals surface area contributed by atoms with Gasteiger partial charge in [0.25, 0.3) is 11.8 Å². The molecule has 5 aromatic rings. The van der Waals surface area contributed by atoms with Crippen LogP contribution in [0.25, 0.3) is 27.9 Å². The SMILES string of the molecule is CCCCC(CC)CN1C(=O)C2=C(c3ccc(N(c4ccc(C(C)(C)C)cc4)c4ccc(C(C)(C)C)cc4)cc3)N(CC(CC)CCCC)C(=O)C2=C1c1ccc(-c2ccc(/C=C(/C#N)C(=O)O)s2)cc1. The molecule has 2 aliphatic rings. The Hall–Kier alpha value is -6.50. The van der Waals surface area contributed by atoms with Crippen molar-refractivity contribution in [1.82, 2.24) is 9.80 Å². The molecule has 7 rings (SSSR count). The molecule has 8 nitrogen and oxygen atoms in total. The molecule has 9 heteroatoms. The van der Waals surface area contributed by atoms with E-state index in [1.165, 1.54) is 28.5 Å². The van der Waals surface area contributed by atoms with Gasteiger partial charge < -0.3 is 19.8 Å². The van der Waals surface area contributed by atoms with Gasteiger partial charge in [-0.25, -0.2) is 4.79 Å². The van der Waals surface area contributed by atoms with Crippen molar-refractivity contribution in [3.63, 3.8) is 0 Å². The predicted octanol–water partition coefficient (Wildman–Crippen LogP) is 15.7. The summed E-state index contributed by atoms with van der Waals surface area (Å²) < 4.78 is 0. The molecule has 0 saturated carbocycles. The zero-order valence-corrected chi connectivity index (χ0v) is 44.4. The molecule has 2 atom stereocenters. The number of unbranched alkanes of at least 4 members (excludes halogenated alkanes) is 2. The molecule has 0 aliphatic carbocycles. The highest BCUT2D eigenvalue weighted by atomic mass is 32.1. The molecule has 4 aromatic carbocycles. The van der Waals surface area contributed by atoms with Gasteiger partial charge in [-0.2, -0.15) is 5.26 Å². The number of amides is 2. The molecule has 1 N–H and O–H groups in total. The highest BCUT2D eigenvalue weighted by Gasteiger charge is 2.49. The molecule has 71 heavy (non-hydrogen) atoms. The number of aliphatic carboxylic acids is 1. The molecule has 2 amide bonds. The summed E-state index contributed by atoms with van der Waals surface area (Å²) in [5.74, 6) is -1.02. The molecule has 3 heterocycles. The van der Waals surface area contributed by atoms with Gasteiger partial charge in [-0.3, -0.25) is 9.59 Å². The number of carbonyl (C=O) groups excluding carboxylic acids is 2. The maximum absolute atomic E-state index is 15.5. The Balaban J connectivity index is 1.37. The molecular weight excluding hydrogens is 897 g/mol. The summed E-state index contributed by atoms with van der Waals surface area (Å²) in [4.78, 5) is 50.1. The summed E-state index contributed by atoms with van der Waals surface area (Å²) in [7, 11) is 0. The first kappa shape index (κ1) is 52.3. The number of benzene rings is 4. The van der Waals surface area contributed by atoms with Crippen molar-refractivity contribution in [3.05, 3.63) is 153 Å². The van der Waals surface area contributed by atoms with E-state index in [1.54, 1.807) is 6.07 Å². The van der Waals surface area contributed by atoms with Crippen molar-refractivity contribution in [2.24, 2.45) is 11.8 Å². The minimum Gasteiger partial charge on any atom is -0.477 e. The molecule has 0 fully saturated rings. The number of thiophene rings is 1. The maximum Gasteiger partial charge on any atom is 0.346 e. The van der Waals surface area contributed by atoms with Crippen LogP contribution in [0.5, 0.6) is 0 Å². The van der Waals surface area contributed by atoms with E-state index in [4.69, 9.17) is 0 Å². The third-order valence-corrected chi connectivity index (χ3v) is 15.3. The number of carboxylic acids is 1. The fourth-order valence-corrected chi connectivity index (χ4v) is 10.8. The van der Waals surface area contributed by atoms with E-state index in [1.807, 2.05) is 46.2 Å². The number of anilines is 3. The van der Waals surface area contributed by atoms with Gasteiger partial charge in [0, 0.05) is 39.9 Å². The topological polar surface area (TPSA) is 105 Å². The minimum absolute atomic E-state index is 0.00599. The fourth-order valence-electron chi connectivity index (χ4n) is 9.79. The van der Waals surface area contributed by atoms with Crippen LogP contribution >= 0.6 is 11.3 Å². The number of hydrogen-bond acceptors (Lipinski definition) is 6. The van der Waals surface area contributed by atoms with Crippen LogP contribution in [0.1, 0.15) is 148 Å². The molecule has 0 spiro atoms. The minimum atomic E-state index is -1.26. The van der Waals surface area contributed by atoms with E-state index in [2.05, 4.69) is 147 Å². The van der Waals surface area contributed by atoms with Gasteiger partial charge in [-0.15, -0.1) is 11.3 Å². The highest BCUT2D eigenvalue weighted by Crippen LogP contribution is 2.49. The lowest BCUT2D eigenvalue weighted by Gasteiger charge is -2.30. The number of fused-ring (bicyclic) bond motifs is 1. The van der Waals surface area contributed by atoms with E-state index in [-0.39, 0.29) is 40.1 Å². The summed E-state index contributed by atoms with van der Waals surface area (Å²) in [6.45, 7) is 23.2. The first-order valence-corrected chi connectivity index (χ1v) is 26.5. The lowest BCUT2D eigenvalue weighted by molar-refractivity contribution is -0.132. The van der Waals surface area contributed by atoms with Crippen molar-refractivity contribution < 1.29 is 19.5 Å². The van der Waals surface area contributed by atoms with Crippen LogP contribution in [0, 0.1) is 23.2 Å². The van der Waals surface area contributed by atoms with Crippen molar-refractivity contribution in [3.8, 4) is 16.5 Å². The van der Waals surface area contributed by atoms with Gasteiger partial charge >= 0.3 is 5.97 Å². The van der Waals surface area contributed by atoms with Crippen LogP contribution in [0.2, 0.25) is 0 Å². The second kappa shape index (κ2) is 22.3. The maximum atomic E-state index is 15.5. The standard InChI is InChI=1S/C62H72N4O4S/c1-11-15-17-41(13-3)39-64-56(44-21-19-43(20-22-44)53-36-35-52(71-53)37-46(38-63)60(69)70)54-55(59(64)68)57(65(58(54)67)40-42(14-4)18-16-12-2)45-23-29-49(30-24-45)66(50-31-25-47(26-32-50)61(5,6)7)51-33-27-48(28-34-51)62(8,9)10/h19-37,41-42H,11-18,39-40H2,1-10H3,(H,69,70)/b46-37-. The average molecular weight is 969 g/mol. The quantitative estimate of drug-likeness (QED) is 0.0615. The Labute approximate surface area is 427 Å². The largest absolute Gasteiger partial charge is 0.477 e. The Bertz CT molecular complexity index is 2790. The first-order chi connectivity index (χ1) is 33.9. The molecule has 370 valence electrons. The monoisotopic (exact) mass is 969 g/mol. The van der Waals surface area contributed by atoms with E-state index in [0.717, 1.165) is 90.0 Å². The average Bonchev–Trinajstić information content (AvgIpc) is 4.02. The van der Waals surface area contributed by atoms with Crippen LogP contribution in [-0.4, -0.2) is 45.8 Å². The van der Waals surface area contributed by atoms with Crippen LogP contribution in [0.15, 0.2) is 126 Å². The zero-order valence-electron chi connectivity index (χ0n) is 43.6. The van der Waals surface area contributed by atoms with Crippen molar-refractivity contribution in [2.75, 3.05) is 18.0 Å². The second-order valence-electron chi connectivity index (χ2n) is 21.3. The molecule has 0 saturated heterocycles. The first-order valence-electron chi connectivity index (χ1n) is 25.7. The second-order valence-corrected chi connectivity index (χ2v) is 22.5. The predicted molar refractivity (Wildman–Crippen MR) is 293 cm³/mol. The zero-order chi connectivity index (χ0) is 51.2. The Kier molecular flexibility index (Phi) is 16.4. The Morgan fingerprint density at radius 2 is 1.01 bits per heavy atom. The molecule has 2 unspecified atom stereocenters. The molecule has 2 aliphatic heterocycles. The number of carboxylic acid groups (broad SMARTS) is 1. The molecule has 0 radical (unpaired) electrons. The van der Waals surface area contributed by atoms with Gasteiger partial charge in [-0.1, -0.05) is 168 Å². The summed E-state index contributed by atoms with van der Waals surface area (Å²) in [6.07, 6.45) is 9.44.